The van der Waals surface area contributed by atoms with Gasteiger partial charge in [0.1, 0.15) is 0 Å². The van der Waals surface area contributed by atoms with Crippen molar-refractivity contribution in [3.63, 3.8) is 0 Å². The molecular formula is C16H17NOS. The Labute approximate surface area is 117 Å². The third kappa shape index (κ3) is 2.68. The smallest absolute Gasteiger partial charge is 0.0626 e. The largest absolute Gasteiger partial charge is 0.394 e. The highest BCUT2D eigenvalue weighted by Gasteiger charge is 2.25. The molecule has 2 atom stereocenters. The molecule has 1 aliphatic heterocycles. The molecule has 0 bridgehead atoms. The molecule has 0 spiro atoms. The van der Waals surface area contributed by atoms with Crippen LogP contribution in [-0.4, -0.2) is 17.5 Å². The van der Waals surface area contributed by atoms with Gasteiger partial charge in [-0.25, -0.2) is 0 Å². The summed E-state index contributed by atoms with van der Waals surface area (Å²) in [6.45, 7) is 0.118. The van der Waals surface area contributed by atoms with E-state index in [1.807, 2.05) is 30.0 Å². The molecule has 3 rings (SSSR count). The Bertz CT molecular complexity index is 543. The second-order valence-electron chi connectivity index (χ2n) is 4.71. The highest BCUT2D eigenvalue weighted by Crippen LogP contribution is 2.38. The van der Waals surface area contributed by atoms with Crippen LogP contribution in [0.15, 0.2) is 59.5 Å². The van der Waals surface area contributed by atoms with Crippen LogP contribution < -0.4 is 5.32 Å². The van der Waals surface area contributed by atoms with Gasteiger partial charge in [0, 0.05) is 16.7 Å². The first-order valence-corrected chi connectivity index (χ1v) is 7.50. The molecule has 2 unspecified atom stereocenters. The van der Waals surface area contributed by atoms with Gasteiger partial charge in [-0.1, -0.05) is 48.5 Å². The summed E-state index contributed by atoms with van der Waals surface area (Å²) in [5.41, 5.74) is 2.49. The molecule has 0 radical (unpaired) electrons. The Kier molecular flexibility index (Phi) is 3.87. The number of hydrogen-bond acceptors (Lipinski definition) is 3. The second-order valence-corrected chi connectivity index (χ2v) is 5.78. The van der Waals surface area contributed by atoms with E-state index in [0.717, 1.165) is 11.3 Å². The van der Waals surface area contributed by atoms with Gasteiger partial charge in [0.25, 0.3) is 0 Å². The van der Waals surface area contributed by atoms with Crippen molar-refractivity contribution < 1.29 is 5.11 Å². The standard InChI is InChI=1S/C16H17NOS/c18-10-14(12-6-2-1-3-7-12)17-15-11-19-16-9-5-4-8-13(15)16/h1-9,14-15,17-18H,10-11H2. The fourth-order valence-corrected chi connectivity index (χ4v) is 3.66. The lowest BCUT2D eigenvalue weighted by molar-refractivity contribution is 0.236. The van der Waals surface area contributed by atoms with Gasteiger partial charge in [-0.15, -0.1) is 11.8 Å². The van der Waals surface area contributed by atoms with Crippen molar-refractivity contribution in [3.8, 4) is 0 Å². The molecule has 3 heteroatoms. The van der Waals surface area contributed by atoms with E-state index in [-0.39, 0.29) is 12.6 Å². The number of benzene rings is 2. The van der Waals surface area contributed by atoms with Gasteiger partial charge in [-0.2, -0.15) is 0 Å². The van der Waals surface area contributed by atoms with Crippen LogP contribution in [0.2, 0.25) is 0 Å². The van der Waals surface area contributed by atoms with Gasteiger partial charge < -0.3 is 10.4 Å². The predicted molar refractivity (Wildman–Crippen MR) is 79.3 cm³/mol. The maximum atomic E-state index is 9.62. The third-order valence-corrected chi connectivity index (χ3v) is 4.67. The van der Waals surface area contributed by atoms with Gasteiger partial charge in [0.05, 0.1) is 12.6 Å². The minimum absolute atomic E-state index is 0.00189. The first-order valence-electron chi connectivity index (χ1n) is 6.52. The van der Waals surface area contributed by atoms with Crippen LogP contribution in [-0.2, 0) is 0 Å². The van der Waals surface area contributed by atoms with E-state index in [1.54, 1.807) is 0 Å². The summed E-state index contributed by atoms with van der Waals surface area (Å²) in [7, 11) is 0. The molecule has 0 saturated heterocycles. The minimum atomic E-state index is -0.00189. The van der Waals surface area contributed by atoms with Gasteiger partial charge in [0.15, 0.2) is 0 Å². The minimum Gasteiger partial charge on any atom is -0.394 e. The normalized spacial score (nSPS) is 19.1. The van der Waals surface area contributed by atoms with E-state index in [0.29, 0.717) is 6.04 Å². The zero-order valence-electron chi connectivity index (χ0n) is 10.6. The Hall–Kier alpha value is -1.29. The van der Waals surface area contributed by atoms with E-state index < -0.39 is 0 Å². The summed E-state index contributed by atoms with van der Waals surface area (Å²) in [6.07, 6.45) is 0. The fourth-order valence-electron chi connectivity index (χ4n) is 2.48. The van der Waals surface area contributed by atoms with Crippen molar-refractivity contribution in [2.75, 3.05) is 12.4 Å². The quantitative estimate of drug-likeness (QED) is 0.896. The van der Waals surface area contributed by atoms with Crippen molar-refractivity contribution in [3.05, 3.63) is 65.7 Å². The molecule has 0 amide bonds. The second kappa shape index (κ2) is 5.78. The lowest BCUT2D eigenvalue weighted by atomic mass is 10.0. The van der Waals surface area contributed by atoms with Crippen LogP contribution in [0.3, 0.4) is 0 Å². The summed E-state index contributed by atoms with van der Waals surface area (Å²) >= 11 is 1.88. The van der Waals surface area contributed by atoms with Crippen molar-refractivity contribution in [2.45, 2.75) is 17.0 Å². The summed E-state index contributed by atoms with van der Waals surface area (Å²) in [4.78, 5) is 1.35. The highest BCUT2D eigenvalue weighted by molar-refractivity contribution is 7.99. The van der Waals surface area contributed by atoms with Crippen molar-refractivity contribution >= 4 is 11.8 Å². The van der Waals surface area contributed by atoms with E-state index in [4.69, 9.17) is 0 Å². The summed E-state index contributed by atoms with van der Waals surface area (Å²) in [5.74, 6) is 1.03. The van der Waals surface area contributed by atoms with Crippen LogP contribution in [0, 0.1) is 0 Å². The Morgan fingerprint density at radius 3 is 2.63 bits per heavy atom. The Balaban J connectivity index is 1.78. The van der Waals surface area contributed by atoms with E-state index in [9.17, 15) is 5.11 Å². The molecule has 0 aliphatic carbocycles. The van der Waals surface area contributed by atoms with Gasteiger partial charge in [-0.3, -0.25) is 0 Å². The molecule has 0 saturated carbocycles. The molecule has 2 aromatic rings. The topological polar surface area (TPSA) is 32.3 Å². The molecule has 2 nitrogen and oxygen atoms in total. The summed E-state index contributed by atoms with van der Waals surface area (Å²) < 4.78 is 0. The molecule has 98 valence electrons. The number of nitrogens with one attached hydrogen (secondary N) is 1. The van der Waals surface area contributed by atoms with Crippen molar-refractivity contribution in [1.82, 2.24) is 5.32 Å². The Morgan fingerprint density at radius 2 is 1.84 bits per heavy atom. The van der Waals surface area contributed by atoms with Crippen LogP contribution >= 0.6 is 11.8 Å². The molecular weight excluding hydrogens is 254 g/mol. The van der Waals surface area contributed by atoms with Crippen LogP contribution in [0.25, 0.3) is 0 Å². The maximum Gasteiger partial charge on any atom is 0.0626 e. The molecule has 1 heterocycles. The highest BCUT2D eigenvalue weighted by atomic mass is 32.2. The maximum absolute atomic E-state index is 9.62. The third-order valence-electron chi connectivity index (χ3n) is 3.49. The summed E-state index contributed by atoms with van der Waals surface area (Å²) in [5, 5.41) is 13.2. The van der Waals surface area contributed by atoms with E-state index in [2.05, 4.69) is 41.7 Å². The number of thioether (sulfide) groups is 1. The van der Waals surface area contributed by atoms with Gasteiger partial charge in [-0.05, 0) is 17.2 Å². The molecule has 19 heavy (non-hydrogen) atoms. The lowest BCUT2D eigenvalue weighted by Gasteiger charge is -2.22. The van der Waals surface area contributed by atoms with Crippen LogP contribution in [0.1, 0.15) is 23.2 Å². The predicted octanol–water partition coefficient (Wildman–Crippen LogP) is 3.16. The van der Waals surface area contributed by atoms with Gasteiger partial charge in [0.2, 0.25) is 0 Å². The molecule has 1 aliphatic rings. The number of aliphatic hydroxyl groups is 1. The SMILES string of the molecule is OCC(NC1CSc2ccccc21)c1ccccc1. The van der Waals surface area contributed by atoms with Gasteiger partial charge >= 0.3 is 0 Å². The first kappa shape index (κ1) is 12.7. The number of fused-ring (bicyclic) bond motifs is 1. The average Bonchev–Trinajstić information content (AvgIpc) is 2.89. The van der Waals surface area contributed by atoms with Crippen molar-refractivity contribution in [2.24, 2.45) is 0 Å². The number of aliphatic hydroxyl groups excluding tert-OH is 1. The Morgan fingerprint density at radius 1 is 1.11 bits per heavy atom. The van der Waals surface area contributed by atoms with E-state index >= 15 is 0 Å². The monoisotopic (exact) mass is 271 g/mol. The molecule has 0 aromatic heterocycles. The molecule has 2 N–H and O–H groups in total. The van der Waals surface area contributed by atoms with Crippen LogP contribution in [0.5, 0.6) is 0 Å². The number of rotatable bonds is 4. The zero-order valence-corrected chi connectivity index (χ0v) is 11.4. The fraction of sp³-hybridized carbons (Fsp3) is 0.250. The average molecular weight is 271 g/mol. The summed E-state index contributed by atoms with van der Waals surface area (Å²) in [6, 6.07) is 18.9. The lowest BCUT2D eigenvalue weighted by Crippen LogP contribution is -2.28. The molecule has 0 fully saturated rings. The number of hydrogen-bond donors (Lipinski definition) is 2. The first-order chi connectivity index (χ1) is 9.38. The van der Waals surface area contributed by atoms with Crippen molar-refractivity contribution in [1.29, 1.82) is 0 Å². The molecule has 2 aromatic carbocycles. The zero-order chi connectivity index (χ0) is 13.1. The van der Waals surface area contributed by atoms with Crippen LogP contribution in [0.4, 0.5) is 0 Å². The van der Waals surface area contributed by atoms with E-state index in [1.165, 1.54) is 10.5 Å².